The van der Waals surface area contributed by atoms with Gasteiger partial charge in [0.1, 0.15) is 5.75 Å². The molecule has 1 amide bonds. The van der Waals surface area contributed by atoms with Crippen LogP contribution in [0.25, 0.3) is 0 Å². The number of carbonyl (C=O) groups excluding carboxylic acids is 1. The molecule has 3 rings (SSSR count). The molecule has 0 aliphatic carbocycles. The SMILES string of the molecule is COc1ccccc1NC(=O)c1n[nH]c2c1COCC2. The topological polar surface area (TPSA) is 76.2 Å². The third-order valence-corrected chi connectivity index (χ3v) is 3.27. The summed E-state index contributed by atoms with van der Waals surface area (Å²) < 4.78 is 10.6. The molecule has 2 aromatic rings. The summed E-state index contributed by atoms with van der Waals surface area (Å²) in [4.78, 5) is 12.3. The number of hydrogen-bond donors (Lipinski definition) is 2. The van der Waals surface area contributed by atoms with Crippen molar-refractivity contribution in [2.45, 2.75) is 13.0 Å². The van der Waals surface area contributed by atoms with E-state index in [2.05, 4.69) is 15.5 Å². The van der Waals surface area contributed by atoms with Crippen molar-refractivity contribution in [1.82, 2.24) is 10.2 Å². The second kappa shape index (κ2) is 5.34. The molecule has 0 saturated heterocycles. The Morgan fingerprint density at radius 2 is 2.30 bits per heavy atom. The molecule has 2 N–H and O–H groups in total. The predicted molar refractivity (Wildman–Crippen MR) is 72.9 cm³/mol. The molecule has 2 heterocycles. The third-order valence-electron chi connectivity index (χ3n) is 3.27. The van der Waals surface area contributed by atoms with E-state index in [1.165, 1.54) is 0 Å². The standard InChI is InChI=1S/C14H15N3O3/c1-19-12-5-3-2-4-11(12)15-14(18)13-9-8-20-7-6-10(9)16-17-13/h2-5H,6-8H2,1H3,(H,15,18)(H,16,17). The van der Waals surface area contributed by atoms with Crippen molar-refractivity contribution in [3.05, 3.63) is 41.2 Å². The van der Waals surface area contributed by atoms with Crippen molar-refractivity contribution in [1.29, 1.82) is 0 Å². The van der Waals surface area contributed by atoms with Crippen LogP contribution < -0.4 is 10.1 Å². The van der Waals surface area contributed by atoms with Crippen LogP contribution >= 0.6 is 0 Å². The Hall–Kier alpha value is -2.34. The van der Waals surface area contributed by atoms with E-state index >= 15 is 0 Å². The summed E-state index contributed by atoms with van der Waals surface area (Å²) in [6, 6.07) is 7.26. The van der Waals surface area contributed by atoms with E-state index in [4.69, 9.17) is 9.47 Å². The highest BCUT2D eigenvalue weighted by Crippen LogP contribution is 2.25. The van der Waals surface area contributed by atoms with Gasteiger partial charge in [0, 0.05) is 17.7 Å². The van der Waals surface area contributed by atoms with Crippen LogP contribution in [0.5, 0.6) is 5.75 Å². The van der Waals surface area contributed by atoms with Crippen LogP contribution in [0.4, 0.5) is 5.69 Å². The number of amides is 1. The number of methoxy groups -OCH3 is 1. The lowest BCUT2D eigenvalue weighted by molar-refractivity contribution is 0.0985. The summed E-state index contributed by atoms with van der Waals surface area (Å²) in [5.74, 6) is 0.346. The Bertz CT molecular complexity index is 636. The lowest BCUT2D eigenvalue weighted by Crippen LogP contribution is -2.17. The zero-order valence-electron chi connectivity index (χ0n) is 11.1. The molecule has 0 unspecified atom stereocenters. The van der Waals surface area contributed by atoms with Crippen molar-refractivity contribution >= 4 is 11.6 Å². The predicted octanol–water partition coefficient (Wildman–Crippen LogP) is 1.74. The number of aromatic amines is 1. The maximum Gasteiger partial charge on any atom is 0.276 e. The van der Waals surface area contributed by atoms with Gasteiger partial charge in [-0.15, -0.1) is 0 Å². The van der Waals surface area contributed by atoms with Gasteiger partial charge in [-0.1, -0.05) is 12.1 Å². The summed E-state index contributed by atoms with van der Waals surface area (Å²) in [6.07, 6.45) is 0.754. The van der Waals surface area contributed by atoms with Gasteiger partial charge in [-0.2, -0.15) is 5.10 Å². The van der Waals surface area contributed by atoms with Crippen LogP contribution in [0.1, 0.15) is 21.7 Å². The summed E-state index contributed by atoms with van der Waals surface area (Å²) in [5, 5.41) is 9.80. The Morgan fingerprint density at radius 3 is 3.15 bits per heavy atom. The molecule has 0 fully saturated rings. The van der Waals surface area contributed by atoms with Gasteiger partial charge in [-0.3, -0.25) is 9.89 Å². The molecule has 1 aliphatic heterocycles. The van der Waals surface area contributed by atoms with Crippen molar-refractivity contribution in [2.24, 2.45) is 0 Å². The number of H-pyrrole nitrogens is 1. The summed E-state index contributed by atoms with van der Waals surface area (Å²) >= 11 is 0. The Morgan fingerprint density at radius 1 is 1.45 bits per heavy atom. The lowest BCUT2D eigenvalue weighted by Gasteiger charge is -2.13. The van der Waals surface area contributed by atoms with Gasteiger partial charge in [-0.05, 0) is 12.1 Å². The number of hydrogen-bond acceptors (Lipinski definition) is 4. The fraction of sp³-hybridized carbons (Fsp3) is 0.286. The van der Waals surface area contributed by atoms with E-state index < -0.39 is 0 Å². The van der Waals surface area contributed by atoms with Gasteiger partial charge in [-0.25, -0.2) is 0 Å². The number of fused-ring (bicyclic) bond motifs is 1. The number of benzene rings is 1. The number of anilines is 1. The van der Waals surface area contributed by atoms with E-state index in [0.29, 0.717) is 30.3 Å². The smallest absolute Gasteiger partial charge is 0.276 e. The second-order valence-corrected chi connectivity index (χ2v) is 4.49. The number of rotatable bonds is 3. The molecule has 104 valence electrons. The average molecular weight is 273 g/mol. The van der Waals surface area contributed by atoms with Crippen LogP contribution in [0.3, 0.4) is 0 Å². The number of para-hydroxylation sites is 2. The summed E-state index contributed by atoms with van der Waals surface area (Å²) in [5.41, 5.74) is 2.81. The minimum atomic E-state index is -0.266. The Balaban J connectivity index is 1.85. The van der Waals surface area contributed by atoms with Crippen molar-refractivity contribution in [3.8, 4) is 5.75 Å². The minimum Gasteiger partial charge on any atom is -0.495 e. The molecular formula is C14H15N3O3. The largest absolute Gasteiger partial charge is 0.495 e. The molecule has 1 aromatic carbocycles. The molecule has 0 radical (unpaired) electrons. The fourth-order valence-electron chi connectivity index (χ4n) is 2.23. The first-order valence-corrected chi connectivity index (χ1v) is 6.38. The molecule has 20 heavy (non-hydrogen) atoms. The molecule has 6 heteroatoms. The van der Waals surface area contributed by atoms with Gasteiger partial charge >= 0.3 is 0 Å². The van der Waals surface area contributed by atoms with E-state index in [9.17, 15) is 4.79 Å². The Labute approximate surface area is 116 Å². The van der Waals surface area contributed by atoms with Gasteiger partial charge < -0.3 is 14.8 Å². The van der Waals surface area contributed by atoms with Crippen LogP contribution in [0, 0.1) is 0 Å². The van der Waals surface area contributed by atoms with E-state index in [1.807, 2.05) is 12.1 Å². The first kappa shape index (κ1) is 12.7. The highest BCUT2D eigenvalue weighted by molar-refractivity contribution is 6.04. The molecule has 0 spiro atoms. The highest BCUT2D eigenvalue weighted by atomic mass is 16.5. The maximum absolute atomic E-state index is 12.3. The third kappa shape index (κ3) is 2.25. The van der Waals surface area contributed by atoms with E-state index in [-0.39, 0.29) is 5.91 Å². The van der Waals surface area contributed by atoms with Crippen LogP contribution in [-0.2, 0) is 17.8 Å². The van der Waals surface area contributed by atoms with Crippen molar-refractivity contribution < 1.29 is 14.3 Å². The van der Waals surface area contributed by atoms with Gasteiger partial charge in [0.05, 0.1) is 26.0 Å². The number of carbonyl (C=O) groups is 1. The highest BCUT2D eigenvalue weighted by Gasteiger charge is 2.22. The number of nitrogens with one attached hydrogen (secondary N) is 2. The Kier molecular flexibility index (Phi) is 3.39. The quantitative estimate of drug-likeness (QED) is 0.893. The number of ether oxygens (including phenoxy) is 2. The molecule has 0 atom stereocenters. The van der Waals surface area contributed by atoms with Gasteiger partial charge in [0.25, 0.3) is 5.91 Å². The molecule has 0 saturated carbocycles. The molecule has 1 aliphatic rings. The lowest BCUT2D eigenvalue weighted by atomic mass is 10.1. The van der Waals surface area contributed by atoms with Gasteiger partial charge in [0.2, 0.25) is 0 Å². The van der Waals surface area contributed by atoms with Crippen LogP contribution in [0.15, 0.2) is 24.3 Å². The van der Waals surface area contributed by atoms with E-state index in [1.54, 1.807) is 19.2 Å². The first-order chi connectivity index (χ1) is 9.79. The zero-order chi connectivity index (χ0) is 13.9. The average Bonchev–Trinajstić information content (AvgIpc) is 2.92. The molecule has 6 nitrogen and oxygen atoms in total. The van der Waals surface area contributed by atoms with Crippen molar-refractivity contribution in [2.75, 3.05) is 19.0 Å². The molecule has 0 bridgehead atoms. The summed E-state index contributed by atoms with van der Waals surface area (Å²) in [7, 11) is 1.56. The van der Waals surface area contributed by atoms with E-state index in [0.717, 1.165) is 17.7 Å². The normalized spacial score (nSPS) is 13.7. The second-order valence-electron chi connectivity index (χ2n) is 4.49. The summed E-state index contributed by atoms with van der Waals surface area (Å²) in [6.45, 7) is 1.07. The zero-order valence-corrected chi connectivity index (χ0v) is 11.1. The molecular weight excluding hydrogens is 258 g/mol. The maximum atomic E-state index is 12.3. The van der Waals surface area contributed by atoms with Crippen LogP contribution in [0.2, 0.25) is 0 Å². The van der Waals surface area contributed by atoms with Crippen LogP contribution in [-0.4, -0.2) is 29.8 Å². The molecule has 1 aromatic heterocycles. The number of aromatic nitrogens is 2. The first-order valence-electron chi connectivity index (χ1n) is 6.38. The van der Waals surface area contributed by atoms with Crippen molar-refractivity contribution in [3.63, 3.8) is 0 Å². The number of nitrogens with zero attached hydrogens (tertiary/aromatic N) is 1. The fourth-order valence-corrected chi connectivity index (χ4v) is 2.23. The monoisotopic (exact) mass is 273 g/mol. The van der Waals surface area contributed by atoms with Gasteiger partial charge in [0.15, 0.2) is 5.69 Å². The minimum absolute atomic E-state index is 0.266.